The third-order valence-electron chi connectivity index (χ3n) is 4.92. The minimum absolute atomic E-state index is 0.336. The molecule has 1 aromatic heterocycles. The molecule has 3 rings (SSSR count). The second kappa shape index (κ2) is 6.32. The van der Waals surface area contributed by atoms with Crippen molar-refractivity contribution < 1.29 is 9.31 Å². The van der Waals surface area contributed by atoms with Gasteiger partial charge in [-0.2, -0.15) is 0 Å². The van der Waals surface area contributed by atoms with E-state index in [9.17, 15) is 0 Å². The topological polar surface area (TPSA) is 43.4 Å². The number of hydrogen-bond acceptors (Lipinski definition) is 4. The number of likely N-dealkylation sites (N-methyl/N-ethyl adjacent to an activating group) is 1. The first-order valence-corrected chi connectivity index (χ1v) is 8.38. The first kappa shape index (κ1) is 17.1. The molecule has 0 bridgehead atoms. The Morgan fingerprint density at radius 2 is 1.88 bits per heavy atom. The summed E-state index contributed by atoms with van der Waals surface area (Å²) < 4.78 is 12.4. The summed E-state index contributed by atoms with van der Waals surface area (Å²) in [7, 11) is 1.59. The number of hydrogen-bond donors (Lipinski definition) is 1. The van der Waals surface area contributed by atoms with Crippen LogP contribution in [0.1, 0.15) is 33.3 Å². The molecule has 4 nitrogen and oxygen atoms in total. The van der Waals surface area contributed by atoms with E-state index in [-0.39, 0.29) is 18.3 Å². The highest BCUT2D eigenvalue weighted by Crippen LogP contribution is 2.38. The van der Waals surface area contributed by atoms with Crippen LogP contribution >= 0.6 is 0 Å². The van der Waals surface area contributed by atoms with Gasteiger partial charge in [-0.05, 0) is 64.0 Å². The van der Waals surface area contributed by atoms with Gasteiger partial charge >= 0.3 is 7.12 Å². The zero-order chi connectivity index (χ0) is 17.4. The van der Waals surface area contributed by atoms with Gasteiger partial charge in [0.05, 0.1) is 16.7 Å². The molecule has 2 heterocycles. The highest BCUT2D eigenvalue weighted by Gasteiger charge is 2.52. The number of nitrogens with zero attached hydrogens (tertiary/aromatic N) is 1. The lowest BCUT2D eigenvalue weighted by Gasteiger charge is -2.32. The molecule has 1 N–H and O–H groups in total. The monoisotopic (exact) mass is 324 g/mol. The molecule has 0 saturated carbocycles. The Morgan fingerprint density at radius 3 is 2.54 bits per heavy atom. The summed E-state index contributed by atoms with van der Waals surface area (Å²) in [6, 6.07) is 10.3. The number of rotatable bonds is 4. The molecule has 0 unspecified atom stereocenters. The Bertz CT molecular complexity index is 755. The van der Waals surface area contributed by atoms with E-state index in [2.05, 4.69) is 62.3 Å². The van der Waals surface area contributed by atoms with Crippen LogP contribution in [0, 0.1) is 0 Å². The van der Waals surface area contributed by atoms with Crippen LogP contribution in [0.3, 0.4) is 0 Å². The number of benzene rings is 1. The van der Waals surface area contributed by atoms with E-state index in [1.165, 1.54) is 0 Å². The minimum atomic E-state index is -0.341. The molecule has 5 heteroatoms. The highest BCUT2D eigenvalue weighted by molar-refractivity contribution is 6.55. The van der Waals surface area contributed by atoms with E-state index < -0.39 is 0 Å². The van der Waals surface area contributed by atoms with Crippen LogP contribution in [0.5, 0.6) is 0 Å². The fourth-order valence-electron chi connectivity index (χ4n) is 2.80. The van der Waals surface area contributed by atoms with Gasteiger partial charge < -0.3 is 14.6 Å². The van der Waals surface area contributed by atoms with E-state index in [0.717, 1.165) is 21.9 Å². The average Bonchev–Trinajstić information content (AvgIpc) is 2.75. The summed E-state index contributed by atoms with van der Waals surface area (Å²) in [5, 5.41) is 4.34. The molecule has 0 spiro atoms. The first-order chi connectivity index (χ1) is 11.3. The van der Waals surface area contributed by atoms with Crippen molar-refractivity contribution in [3.63, 3.8) is 0 Å². The summed E-state index contributed by atoms with van der Waals surface area (Å²) in [4.78, 5) is 4.37. The third-order valence-corrected chi connectivity index (χ3v) is 4.92. The molecule has 1 aliphatic rings. The summed E-state index contributed by atoms with van der Waals surface area (Å²) in [5.74, 6) is 0. The number of aromatic nitrogens is 1. The molecule has 1 aromatic carbocycles. The Morgan fingerprint density at radius 1 is 1.17 bits per heavy atom. The Hall–Kier alpha value is -1.69. The van der Waals surface area contributed by atoms with E-state index in [1.807, 2.05) is 25.4 Å². The molecule has 1 fully saturated rings. The highest BCUT2D eigenvalue weighted by atomic mass is 16.7. The Balaban J connectivity index is 1.93. The molecule has 0 radical (unpaired) electrons. The van der Waals surface area contributed by atoms with Crippen molar-refractivity contribution in [2.45, 2.75) is 38.9 Å². The van der Waals surface area contributed by atoms with Crippen LogP contribution in [0.2, 0.25) is 0 Å². The lowest BCUT2D eigenvalue weighted by molar-refractivity contribution is 0.00578. The average molecular weight is 324 g/mol. The molecule has 24 heavy (non-hydrogen) atoms. The summed E-state index contributed by atoms with van der Waals surface area (Å²) in [6.45, 7) is 9.01. The van der Waals surface area contributed by atoms with Crippen molar-refractivity contribution in [3.05, 3.63) is 47.6 Å². The van der Waals surface area contributed by atoms with Crippen LogP contribution in [-0.4, -0.2) is 36.9 Å². The van der Waals surface area contributed by atoms with Crippen molar-refractivity contribution in [2.75, 3.05) is 13.6 Å². The van der Waals surface area contributed by atoms with Crippen molar-refractivity contribution >= 4 is 24.1 Å². The SMILES string of the molecule is CNCC(=Cc1ccc2ncccc2c1)B1OC(C)(C)C(C)(C)O1. The van der Waals surface area contributed by atoms with Crippen LogP contribution in [0.4, 0.5) is 0 Å². The maximum absolute atomic E-state index is 6.20. The molecule has 0 amide bonds. The lowest BCUT2D eigenvalue weighted by atomic mass is 9.77. The number of pyridine rings is 1. The molecule has 0 aliphatic carbocycles. The molecule has 1 aliphatic heterocycles. The van der Waals surface area contributed by atoms with Crippen molar-refractivity contribution in [1.29, 1.82) is 0 Å². The second-order valence-corrected chi connectivity index (χ2v) is 7.29. The van der Waals surface area contributed by atoms with E-state index >= 15 is 0 Å². The van der Waals surface area contributed by atoms with Crippen molar-refractivity contribution in [2.24, 2.45) is 0 Å². The zero-order valence-electron chi connectivity index (χ0n) is 15.1. The molecule has 1 saturated heterocycles. The van der Waals surface area contributed by atoms with Gasteiger partial charge in [0.15, 0.2) is 0 Å². The standard InChI is InChI=1S/C19H25BN2O2/c1-18(2)19(3,4)24-20(23-18)16(13-21-5)12-14-8-9-17-15(11-14)7-6-10-22-17/h6-12,21H,13H2,1-5H3. The van der Waals surface area contributed by atoms with Gasteiger partial charge in [-0.15, -0.1) is 0 Å². The first-order valence-electron chi connectivity index (χ1n) is 8.38. The largest absolute Gasteiger partial charge is 0.491 e. The summed E-state index contributed by atoms with van der Waals surface area (Å²) in [6.07, 6.45) is 3.96. The van der Waals surface area contributed by atoms with Gasteiger partial charge in [0.25, 0.3) is 0 Å². The van der Waals surface area contributed by atoms with Crippen LogP contribution in [-0.2, 0) is 9.31 Å². The lowest BCUT2D eigenvalue weighted by Crippen LogP contribution is -2.41. The van der Waals surface area contributed by atoms with Crippen molar-refractivity contribution in [3.8, 4) is 0 Å². The quantitative estimate of drug-likeness (QED) is 0.875. The Labute approximate surface area is 144 Å². The van der Waals surface area contributed by atoms with E-state index in [4.69, 9.17) is 9.31 Å². The van der Waals surface area contributed by atoms with Gasteiger partial charge in [-0.3, -0.25) is 4.98 Å². The van der Waals surface area contributed by atoms with E-state index in [1.54, 1.807) is 0 Å². The smallest absolute Gasteiger partial charge is 0.400 e. The molecule has 0 atom stereocenters. The predicted octanol–water partition coefficient (Wildman–Crippen LogP) is 3.47. The van der Waals surface area contributed by atoms with Crippen LogP contribution in [0.25, 0.3) is 17.0 Å². The molecular formula is C19H25BN2O2. The van der Waals surface area contributed by atoms with Gasteiger partial charge in [0.1, 0.15) is 0 Å². The van der Waals surface area contributed by atoms with E-state index in [0.29, 0.717) is 6.54 Å². The minimum Gasteiger partial charge on any atom is -0.400 e. The predicted molar refractivity (Wildman–Crippen MR) is 99.7 cm³/mol. The maximum atomic E-state index is 6.20. The van der Waals surface area contributed by atoms with Crippen LogP contribution < -0.4 is 5.32 Å². The Kier molecular flexibility index (Phi) is 4.51. The maximum Gasteiger partial charge on any atom is 0.491 e. The van der Waals surface area contributed by atoms with Gasteiger partial charge in [0.2, 0.25) is 0 Å². The number of fused-ring (bicyclic) bond motifs is 1. The molecular weight excluding hydrogens is 299 g/mol. The summed E-state index contributed by atoms with van der Waals surface area (Å²) >= 11 is 0. The normalized spacial score (nSPS) is 19.9. The fraction of sp³-hybridized carbons (Fsp3) is 0.421. The second-order valence-electron chi connectivity index (χ2n) is 7.29. The molecule has 126 valence electrons. The van der Waals surface area contributed by atoms with Crippen LogP contribution in [0.15, 0.2) is 42.0 Å². The van der Waals surface area contributed by atoms with Gasteiger partial charge in [0, 0.05) is 18.1 Å². The third kappa shape index (κ3) is 3.25. The fourth-order valence-corrected chi connectivity index (χ4v) is 2.80. The molecule has 2 aromatic rings. The zero-order valence-corrected chi connectivity index (χ0v) is 15.1. The summed E-state index contributed by atoms with van der Waals surface area (Å²) in [5.41, 5.74) is 2.53. The van der Waals surface area contributed by atoms with Gasteiger partial charge in [-0.1, -0.05) is 18.2 Å². The number of nitrogens with one attached hydrogen (secondary N) is 1. The van der Waals surface area contributed by atoms with Gasteiger partial charge in [-0.25, -0.2) is 0 Å². The van der Waals surface area contributed by atoms with Crippen molar-refractivity contribution in [1.82, 2.24) is 10.3 Å².